The fraction of sp³-hybridized carbons (Fsp3) is 0.950. The zero-order valence-corrected chi connectivity index (χ0v) is 16.4. The number of rotatable bonds is 17. The van der Waals surface area contributed by atoms with Gasteiger partial charge in [-0.15, -0.1) is 0 Å². The molecule has 0 aromatic carbocycles. The van der Waals surface area contributed by atoms with Crippen molar-refractivity contribution in [2.24, 2.45) is 0 Å². The SMILES string of the molecule is CCCCCCCC(O)CCC(=O)OCN(CCCC)CCCC. The smallest absolute Gasteiger partial charge is 0.307 e. The average Bonchev–Trinajstić information content (AvgIpc) is 2.59. The molecule has 0 fully saturated rings. The summed E-state index contributed by atoms with van der Waals surface area (Å²) in [6.07, 6.45) is 11.9. The Hall–Kier alpha value is -0.610. The van der Waals surface area contributed by atoms with E-state index in [2.05, 4.69) is 25.7 Å². The molecule has 0 rings (SSSR count). The number of aliphatic hydroxyl groups is 1. The van der Waals surface area contributed by atoms with Crippen LogP contribution in [0.3, 0.4) is 0 Å². The first-order valence-corrected chi connectivity index (χ1v) is 10.2. The molecule has 0 aliphatic carbocycles. The van der Waals surface area contributed by atoms with E-state index >= 15 is 0 Å². The Morgan fingerprint density at radius 3 is 2.04 bits per heavy atom. The highest BCUT2D eigenvalue weighted by Crippen LogP contribution is 2.11. The third-order valence-corrected chi connectivity index (χ3v) is 4.39. The molecule has 4 heteroatoms. The second kappa shape index (κ2) is 17.2. The third kappa shape index (κ3) is 14.9. The second-order valence-electron chi connectivity index (χ2n) is 6.87. The van der Waals surface area contributed by atoms with Gasteiger partial charge in [-0.2, -0.15) is 0 Å². The molecule has 0 amide bonds. The first-order valence-electron chi connectivity index (χ1n) is 10.2. The molecule has 0 heterocycles. The highest BCUT2D eigenvalue weighted by molar-refractivity contribution is 5.69. The van der Waals surface area contributed by atoms with Crippen molar-refractivity contribution in [1.29, 1.82) is 0 Å². The van der Waals surface area contributed by atoms with E-state index in [4.69, 9.17) is 4.74 Å². The fourth-order valence-corrected chi connectivity index (χ4v) is 2.65. The quantitative estimate of drug-likeness (QED) is 0.232. The van der Waals surface area contributed by atoms with Gasteiger partial charge in [-0.05, 0) is 25.7 Å². The van der Waals surface area contributed by atoms with Gasteiger partial charge in [0.25, 0.3) is 0 Å². The number of hydrogen-bond acceptors (Lipinski definition) is 4. The van der Waals surface area contributed by atoms with Gasteiger partial charge >= 0.3 is 5.97 Å². The molecule has 1 unspecified atom stereocenters. The number of hydrogen-bond donors (Lipinski definition) is 1. The van der Waals surface area contributed by atoms with Crippen molar-refractivity contribution in [3.8, 4) is 0 Å². The first kappa shape index (κ1) is 23.4. The van der Waals surface area contributed by atoms with Crippen molar-refractivity contribution < 1.29 is 14.6 Å². The van der Waals surface area contributed by atoms with Crippen molar-refractivity contribution >= 4 is 5.97 Å². The van der Waals surface area contributed by atoms with E-state index in [0.717, 1.165) is 51.6 Å². The molecular weight excluding hydrogens is 302 g/mol. The maximum Gasteiger partial charge on any atom is 0.307 e. The Bertz CT molecular complexity index is 276. The topological polar surface area (TPSA) is 49.8 Å². The minimum Gasteiger partial charge on any atom is -0.449 e. The lowest BCUT2D eigenvalue weighted by Gasteiger charge is -2.21. The van der Waals surface area contributed by atoms with Gasteiger partial charge in [0.05, 0.1) is 6.10 Å². The van der Waals surface area contributed by atoms with Crippen LogP contribution < -0.4 is 0 Å². The predicted molar refractivity (Wildman–Crippen MR) is 101 cm³/mol. The summed E-state index contributed by atoms with van der Waals surface area (Å²) in [5.74, 6) is -0.182. The number of carbonyl (C=O) groups excluding carboxylic acids is 1. The van der Waals surface area contributed by atoms with E-state index in [-0.39, 0.29) is 12.1 Å². The van der Waals surface area contributed by atoms with Crippen LogP contribution in [0.25, 0.3) is 0 Å². The van der Waals surface area contributed by atoms with Gasteiger partial charge in [-0.3, -0.25) is 9.69 Å². The van der Waals surface area contributed by atoms with E-state index in [1.165, 1.54) is 25.7 Å². The van der Waals surface area contributed by atoms with Crippen LogP contribution in [-0.4, -0.2) is 41.9 Å². The minimum atomic E-state index is -0.365. The summed E-state index contributed by atoms with van der Waals surface area (Å²) < 4.78 is 5.38. The Morgan fingerprint density at radius 1 is 0.875 bits per heavy atom. The van der Waals surface area contributed by atoms with E-state index in [1.807, 2.05) is 0 Å². The number of carbonyl (C=O) groups is 1. The molecule has 4 nitrogen and oxygen atoms in total. The lowest BCUT2D eigenvalue weighted by atomic mass is 10.1. The molecule has 0 aliphatic rings. The zero-order chi connectivity index (χ0) is 18.0. The molecule has 1 atom stereocenters. The molecule has 0 saturated carbocycles. The van der Waals surface area contributed by atoms with Crippen molar-refractivity contribution in [1.82, 2.24) is 4.90 Å². The van der Waals surface area contributed by atoms with E-state index in [0.29, 0.717) is 19.6 Å². The third-order valence-electron chi connectivity index (χ3n) is 4.39. The predicted octanol–water partition coefficient (Wildman–Crippen LogP) is 4.89. The van der Waals surface area contributed by atoms with Gasteiger partial charge in [0.1, 0.15) is 6.73 Å². The summed E-state index contributed by atoms with van der Waals surface area (Å²) in [4.78, 5) is 14.1. The van der Waals surface area contributed by atoms with Crippen LogP contribution in [0, 0.1) is 0 Å². The Kier molecular flexibility index (Phi) is 16.8. The molecule has 144 valence electrons. The van der Waals surface area contributed by atoms with Crippen molar-refractivity contribution in [3.63, 3.8) is 0 Å². The van der Waals surface area contributed by atoms with Crippen LogP contribution in [0.5, 0.6) is 0 Å². The largest absolute Gasteiger partial charge is 0.449 e. The number of ether oxygens (including phenoxy) is 1. The second-order valence-corrected chi connectivity index (χ2v) is 6.87. The Balaban J connectivity index is 3.77. The van der Waals surface area contributed by atoms with Gasteiger partial charge in [-0.25, -0.2) is 0 Å². The Morgan fingerprint density at radius 2 is 1.46 bits per heavy atom. The molecule has 1 N–H and O–H groups in total. The molecular formula is C20H41NO3. The summed E-state index contributed by atoms with van der Waals surface area (Å²) >= 11 is 0. The summed E-state index contributed by atoms with van der Waals surface area (Å²) in [6.45, 7) is 8.92. The summed E-state index contributed by atoms with van der Waals surface area (Å²) in [5.41, 5.74) is 0. The Labute approximate surface area is 150 Å². The number of esters is 1. The summed E-state index contributed by atoms with van der Waals surface area (Å²) in [7, 11) is 0. The molecule has 0 bridgehead atoms. The average molecular weight is 344 g/mol. The standard InChI is InChI=1S/C20H41NO3/c1-4-7-10-11-12-13-19(22)14-15-20(23)24-18-21(16-8-5-2)17-9-6-3/h19,22H,4-18H2,1-3H3. The number of unbranched alkanes of at least 4 members (excludes halogenated alkanes) is 6. The molecule has 0 saturated heterocycles. The molecule has 0 aromatic heterocycles. The lowest BCUT2D eigenvalue weighted by molar-refractivity contribution is -0.149. The zero-order valence-electron chi connectivity index (χ0n) is 16.4. The van der Waals surface area contributed by atoms with Crippen LogP contribution in [0.15, 0.2) is 0 Å². The van der Waals surface area contributed by atoms with Crippen LogP contribution in [0.2, 0.25) is 0 Å². The van der Waals surface area contributed by atoms with Crippen molar-refractivity contribution in [2.75, 3.05) is 19.8 Å². The van der Waals surface area contributed by atoms with Crippen LogP contribution >= 0.6 is 0 Å². The minimum absolute atomic E-state index is 0.182. The van der Waals surface area contributed by atoms with Crippen LogP contribution in [0.1, 0.15) is 97.8 Å². The van der Waals surface area contributed by atoms with E-state index in [1.54, 1.807) is 0 Å². The molecule has 0 aromatic rings. The molecule has 24 heavy (non-hydrogen) atoms. The molecule has 0 aliphatic heterocycles. The monoisotopic (exact) mass is 343 g/mol. The van der Waals surface area contributed by atoms with Crippen molar-refractivity contribution in [2.45, 2.75) is 104 Å². The van der Waals surface area contributed by atoms with Gasteiger partial charge in [-0.1, -0.05) is 65.7 Å². The van der Waals surface area contributed by atoms with Gasteiger partial charge in [0, 0.05) is 19.5 Å². The van der Waals surface area contributed by atoms with Gasteiger partial charge in [0.15, 0.2) is 0 Å². The van der Waals surface area contributed by atoms with Crippen LogP contribution in [-0.2, 0) is 9.53 Å². The van der Waals surface area contributed by atoms with Crippen molar-refractivity contribution in [3.05, 3.63) is 0 Å². The summed E-state index contributed by atoms with van der Waals surface area (Å²) in [6, 6.07) is 0. The fourth-order valence-electron chi connectivity index (χ4n) is 2.65. The highest BCUT2D eigenvalue weighted by Gasteiger charge is 2.11. The number of aliphatic hydroxyl groups excluding tert-OH is 1. The van der Waals surface area contributed by atoms with Gasteiger partial charge < -0.3 is 9.84 Å². The highest BCUT2D eigenvalue weighted by atomic mass is 16.5. The first-order chi connectivity index (χ1) is 11.6. The normalized spacial score (nSPS) is 12.5. The molecule has 0 radical (unpaired) electrons. The lowest BCUT2D eigenvalue weighted by Crippen LogP contribution is -2.30. The summed E-state index contributed by atoms with van der Waals surface area (Å²) in [5, 5.41) is 9.95. The number of nitrogens with zero attached hydrogens (tertiary/aromatic N) is 1. The van der Waals surface area contributed by atoms with Crippen LogP contribution in [0.4, 0.5) is 0 Å². The maximum atomic E-state index is 11.9. The van der Waals surface area contributed by atoms with Gasteiger partial charge in [0.2, 0.25) is 0 Å². The van der Waals surface area contributed by atoms with E-state index in [9.17, 15) is 9.90 Å². The maximum absolute atomic E-state index is 11.9. The molecule has 0 spiro atoms. The van der Waals surface area contributed by atoms with E-state index < -0.39 is 0 Å².